The van der Waals surface area contributed by atoms with E-state index in [1.807, 2.05) is 17.9 Å². The lowest BCUT2D eigenvalue weighted by Crippen LogP contribution is -2.50. The summed E-state index contributed by atoms with van der Waals surface area (Å²) in [6.45, 7) is 4.11. The molecule has 0 N–H and O–H groups in total. The van der Waals surface area contributed by atoms with Gasteiger partial charge in [0.1, 0.15) is 0 Å². The van der Waals surface area contributed by atoms with Crippen molar-refractivity contribution in [2.45, 2.75) is 45.4 Å². The summed E-state index contributed by atoms with van der Waals surface area (Å²) < 4.78 is 1.58. The molecule has 2 aliphatic rings. The number of nitrogens with zero attached hydrogens (tertiary/aromatic N) is 6. The number of piperazine rings is 1. The van der Waals surface area contributed by atoms with E-state index in [-0.39, 0.29) is 17.6 Å². The van der Waals surface area contributed by atoms with Gasteiger partial charge in [0.15, 0.2) is 0 Å². The zero-order valence-corrected chi connectivity index (χ0v) is 15.8. The highest BCUT2D eigenvalue weighted by molar-refractivity contribution is 5.91. The Morgan fingerprint density at radius 2 is 1.81 bits per heavy atom. The van der Waals surface area contributed by atoms with Gasteiger partial charge < -0.3 is 9.80 Å². The molecule has 8 nitrogen and oxygen atoms in total. The summed E-state index contributed by atoms with van der Waals surface area (Å²) in [6.07, 6.45) is 8.47. The second-order valence-electron chi connectivity index (χ2n) is 7.60. The fourth-order valence-corrected chi connectivity index (χ4v) is 4.08. The Labute approximate surface area is 158 Å². The van der Waals surface area contributed by atoms with Crippen LogP contribution in [0.25, 0.3) is 5.78 Å². The number of carbonyl (C=O) groups excluding carboxylic acids is 2. The maximum absolute atomic E-state index is 12.7. The topological polar surface area (TPSA) is 83.7 Å². The van der Waals surface area contributed by atoms with E-state index in [9.17, 15) is 9.59 Å². The molecule has 27 heavy (non-hydrogen) atoms. The zero-order valence-electron chi connectivity index (χ0n) is 15.8. The van der Waals surface area contributed by atoms with E-state index in [2.05, 4.69) is 15.1 Å². The van der Waals surface area contributed by atoms with Crippen LogP contribution in [0.5, 0.6) is 0 Å². The summed E-state index contributed by atoms with van der Waals surface area (Å²) in [4.78, 5) is 37.2. The van der Waals surface area contributed by atoms with Gasteiger partial charge in [-0.1, -0.05) is 25.7 Å². The Morgan fingerprint density at radius 1 is 1.11 bits per heavy atom. The Morgan fingerprint density at radius 3 is 2.52 bits per heavy atom. The van der Waals surface area contributed by atoms with E-state index in [1.54, 1.807) is 15.6 Å². The third-order valence-electron chi connectivity index (χ3n) is 5.78. The summed E-state index contributed by atoms with van der Waals surface area (Å²) in [7, 11) is 0. The van der Waals surface area contributed by atoms with Gasteiger partial charge in [0.2, 0.25) is 11.7 Å². The quantitative estimate of drug-likeness (QED) is 0.818. The largest absolute Gasteiger partial charge is 0.339 e. The Balaban J connectivity index is 1.32. The highest BCUT2D eigenvalue weighted by Gasteiger charge is 2.27. The molecule has 2 aromatic rings. The first-order valence-electron chi connectivity index (χ1n) is 9.87. The smallest absolute Gasteiger partial charge is 0.293 e. The number of amides is 2. The molecule has 2 amide bonds. The molecule has 1 aliphatic carbocycles. The third kappa shape index (κ3) is 3.79. The zero-order chi connectivity index (χ0) is 18.8. The average Bonchev–Trinajstić information content (AvgIpc) is 3.36. The van der Waals surface area contributed by atoms with Crippen LogP contribution < -0.4 is 0 Å². The predicted molar refractivity (Wildman–Crippen MR) is 99.2 cm³/mol. The molecule has 2 aromatic heterocycles. The first-order valence-corrected chi connectivity index (χ1v) is 9.87. The highest BCUT2D eigenvalue weighted by Crippen LogP contribution is 2.28. The van der Waals surface area contributed by atoms with E-state index in [0.717, 1.165) is 18.0 Å². The van der Waals surface area contributed by atoms with Gasteiger partial charge in [-0.3, -0.25) is 9.59 Å². The molecule has 1 saturated heterocycles. The second kappa shape index (κ2) is 7.62. The number of hydrogen-bond donors (Lipinski definition) is 0. The molecule has 0 aromatic carbocycles. The average molecular weight is 370 g/mol. The molecule has 0 bridgehead atoms. The summed E-state index contributed by atoms with van der Waals surface area (Å²) in [5, 5.41) is 4.29. The Bertz CT molecular complexity index is 834. The van der Waals surface area contributed by atoms with Gasteiger partial charge in [-0.25, -0.2) is 9.50 Å². The molecule has 8 heteroatoms. The number of aromatic nitrogens is 4. The van der Waals surface area contributed by atoms with E-state index < -0.39 is 0 Å². The van der Waals surface area contributed by atoms with Crippen molar-refractivity contribution in [1.82, 2.24) is 29.4 Å². The van der Waals surface area contributed by atoms with Crippen molar-refractivity contribution in [2.75, 3.05) is 26.2 Å². The molecule has 2 fully saturated rings. The minimum atomic E-state index is -0.196. The van der Waals surface area contributed by atoms with Crippen molar-refractivity contribution in [3.8, 4) is 0 Å². The number of aryl methyl sites for hydroxylation is 1. The van der Waals surface area contributed by atoms with Crippen molar-refractivity contribution >= 4 is 17.6 Å². The van der Waals surface area contributed by atoms with E-state index in [4.69, 9.17) is 0 Å². The van der Waals surface area contributed by atoms with Crippen LogP contribution in [0.1, 0.15) is 54.8 Å². The van der Waals surface area contributed by atoms with Gasteiger partial charge >= 0.3 is 0 Å². The minimum Gasteiger partial charge on any atom is -0.339 e. The summed E-state index contributed by atoms with van der Waals surface area (Å²) >= 11 is 0. The first-order chi connectivity index (χ1) is 13.1. The molecule has 0 atom stereocenters. The molecule has 1 saturated carbocycles. The van der Waals surface area contributed by atoms with Crippen molar-refractivity contribution in [3.63, 3.8) is 0 Å². The first kappa shape index (κ1) is 17.9. The van der Waals surface area contributed by atoms with Crippen LogP contribution in [-0.4, -0.2) is 67.4 Å². The van der Waals surface area contributed by atoms with Crippen LogP contribution in [0.4, 0.5) is 0 Å². The summed E-state index contributed by atoms with van der Waals surface area (Å²) in [6, 6.07) is 1.83. The van der Waals surface area contributed by atoms with Gasteiger partial charge in [-0.2, -0.15) is 4.98 Å². The number of rotatable bonds is 4. The minimum absolute atomic E-state index is 0.165. The maximum Gasteiger partial charge on any atom is 0.293 e. The molecular formula is C19H26N6O2. The normalized spacial score (nSPS) is 18.4. The SMILES string of the molecule is Cc1ccnc2nc(C(=O)N3CCN(C(=O)CCC4CCCC4)CC3)nn12. The van der Waals surface area contributed by atoms with Crippen molar-refractivity contribution in [3.05, 3.63) is 23.8 Å². The van der Waals surface area contributed by atoms with Gasteiger partial charge in [0, 0.05) is 44.5 Å². The predicted octanol–water partition coefficient (Wildman–Crippen LogP) is 1.69. The Hall–Kier alpha value is -2.51. The standard InChI is InChI=1S/C19H26N6O2/c1-14-8-9-20-19-21-17(22-25(14)19)18(27)24-12-10-23(11-13-24)16(26)7-6-15-4-2-3-5-15/h8-9,15H,2-7,10-13H2,1H3. The van der Waals surface area contributed by atoms with Gasteiger partial charge in [-0.15, -0.1) is 5.10 Å². The fraction of sp³-hybridized carbons (Fsp3) is 0.632. The fourth-order valence-electron chi connectivity index (χ4n) is 4.08. The molecule has 0 unspecified atom stereocenters. The molecular weight excluding hydrogens is 344 g/mol. The number of fused-ring (bicyclic) bond motifs is 1. The van der Waals surface area contributed by atoms with Crippen LogP contribution in [0.15, 0.2) is 12.3 Å². The van der Waals surface area contributed by atoms with Crippen LogP contribution in [0, 0.1) is 12.8 Å². The van der Waals surface area contributed by atoms with Crippen LogP contribution in [-0.2, 0) is 4.79 Å². The van der Waals surface area contributed by atoms with Crippen LogP contribution >= 0.6 is 0 Å². The van der Waals surface area contributed by atoms with Crippen molar-refractivity contribution in [2.24, 2.45) is 5.92 Å². The van der Waals surface area contributed by atoms with Gasteiger partial charge in [0.25, 0.3) is 11.7 Å². The number of hydrogen-bond acceptors (Lipinski definition) is 5. The lowest BCUT2D eigenvalue weighted by Gasteiger charge is -2.34. The summed E-state index contributed by atoms with van der Waals surface area (Å²) in [5.74, 6) is 1.35. The maximum atomic E-state index is 12.7. The van der Waals surface area contributed by atoms with Crippen molar-refractivity contribution < 1.29 is 9.59 Å². The van der Waals surface area contributed by atoms with Crippen molar-refractivity contribution in [1.29, 1.82) is 0 Å². The van der Waals surface area contributed by atoms with E-state index in [1.165, 1.54) is 25.7 Å². The monoisotopic (exact) mass is 370 g/mol. The van der Waals surface area contributed by atoms with E-state index >= 15 is 0 Å². The number of carbonyl (C=O) groups is 2. The van der Waals surface area contributed by atoms with Crippen LogP contribution in [0.2, 0.25) is 0 Å². The molecule has 3 heterocycles. The van der Waals surface area contributed by atoms with E-state index in [0.29, 0.717) is 38.4 Å². The second-order valence-corrected chi connectivity index (χ2v) is 7.60. The Kier molecular flexibility index (Phi) is 5.05. The van der Waals surface area contributed by atoms with Gasteiger partial charge in [0.05, 0.1) is 0 Å². The molecule has 0 spiro atoms. The van der Waals surface area contributed by atoms with Gasteiger partial charge in [-0.05, 0) is 25.3 Å². The van der Waals surface area contributed by atoms with Crippen LogP contribution in [0.3, 0.4) is 0 Å². The lowest BCUT2D eigenvalue weighted by atomic mass is 10.0. The lowest BCUT2D eigenvalue weighted by molar-refractivity contribution is -0.133. The highest BCUT2D eigenvalue weighted by atomic mass is 16.2. The summed E-state index contributed by atoms with van der Waals surface area (Å²) in [5.41, 5.74) is 0.879. The third-order valence-corrected chi connectivity index (χ3v) is 5.78. The molecule has 0 radical (unpaired) electrons. The molecule has 1 aliphatic heterocycles. The molecule has 144 valence electrons. The molecule has 4 rings (SSSR count).